The summed E-state index contributed by atoms with van der Waals surface area (Å²) >= 11 is 6.03. The van der Waals surface area contributed by atoms with Gasteiger partial charge in [-0.25, -0.2) is 14.4 Å². The molecule has 0 radical (unpaired) electrons. The van der Waals surface area contributed by atoms with Crippen molar-refractivity contribution in [3.63, 3.8) is 0 Å². The minimum absolute atomic E-state index is 0.00687. The average molecular weight is 594 g/mol. The third-order valence-corrected chi connectivity index (χ3v) is 7.88. The van der Waals surface area contributed by atoms with Crippen molar-refractivity contribution in [1.29, 1.82) is 0 Å². The Balaban J connectivity index is 0.000000189. The molecule has 1 aliphatic carbocycles. The normalized spacial score (nSPS) is 19.3. The molecular formula is C31H29ClFN3O6. The van der Waals surface area contributed by atoms with Crippen molar-refractivity contribution in [1.82, 2.24) is 5.06 Å². The van der Waals surface area contributed by atoms with Crippen molar-refractivity contribution in [3.8, 4) is 18.1 Å². The van der Waals surface area contributed by atoms with Crippen LogP contribution in [0.5, 0.6) is 5.75 Å². The molecule has 4 aliphatic rings. The highest BCUT2D eigenvalue weighted by Gasteiger charge is 2.42. The van der Waals surface area contributed by atoms with Crippen LogP contribution < -0.4 is 14.5 Å². The summed E-state index contributed by atoms with van der Waals surface area (Å²) in [6.07, 6.45) is 8.01. The third-order valence-electron chi connectivity index (χ3n) is 7.51. The van der Waals surface area contributed by atoms with Crippen molar-refractivity contribution < 1.29 is 33.1 Å². The number of fused-ring (bicyclic) bond motifs is 1. The Morgan fingerprint density at radius 3 is 2.29 bits per heavy atom. The zero-order valence-corrected chi connectivity index (χ0v) is 24.0. The fraction of sp³-hybridized carbons (Fsp3) is 0.355. The first kappa shape index (κ1) is 29.3. The maximum absolute atomic E-state index is 14.7. The van der Waals surface area contributed by atoms with E-state index in [1.54, 1.807) is 0 Å². The SMILES string of the molecule is C#CCN1C(=O)COc2cc(F)c(N3C(=O)C4=C(CCCC4)C3=O)cc21.CC1(C)CON(Cc2ccccc2Cl)C1=O. The number of hydroxylamine groups is 2. The van der Waals surface area contributed by atoms with Crippen molar-refractivity contribution >= 4 is 46.6 Å². The smallest absolute Gasteiger partial charge is 0.265 e. The van der Waals surface area contributed by atoms with Gasteiger partial charge >= 0.3 is 0 Å². The number of carbonyl (C=O) groups excluding carboxylic acids is 4. The topological polar surface area (TPSA) is 96.5 Å². The van der Waals surface area contributed by atoms with E-state index in [-0.39, 0.29) is 42.1 Å². The third kappa shape index (κ3) is 5.38. The summed E-state index contributed by atoms with van der Waals surface area (Å²) in [5.41, 5.74) is 1.46. The molecule has 2 aromatic carbocycles. The van der Waals surface area contributed by atoms with Crippen LogP contribution in [0.3, 0.4) is 0 Å². The molecule has 0 unspecified atom stereocenters. The number of terminal acetylenes is 1. The highest BCUT2D eigenvalue weighted by atomic mass is 35.5. The van der Waals surface area contributed by atoms with Crippen LogP contribution in [0.4, 0.5) is 15.8 Å². The van der Waals surface area contributed by atoms with Crippen LogP contribution in [0.2, 0.25) is 5.02 Å². The number of nitrogens with zero attached hydrogens (tertiary/aromatic N) is 3. The van der Waals surface area contributed by atoms with E-state index >= 15 is 0 Å². The van der Waals surface area contributed by atoms with E-state index in [9.17, 15) is 23.6 Å². The van der Waals surface area contributed by atoms with Gasteiger partial charge in [-0.15, -0.1) is 6.42 Å². The van der Waals surface area contributed by atoms with E-state index in [1.807, 2.05) is 38.1 Å². The first-order chi connectivity index (χ1) is 20.0. The second-order valence-electron chi connectivity index (χ2n) is 10.9. The van der Waals surface area contributed by atoms with Gasteiger partial charge < -0.3 is 4.74 Å². The van der Waals surface area contributed by atoms with E-state index in [0.29, 0.717) is 42.2 Å². The van der Waals surface area contributed by atoms with Crippen LogP contribution in [-0.4, -0.2) is 48.5 Å². The van der Waals surface area contributed by atoms with Gasteiger partial charge in [0, 0.05) is 22.2 Å². The molecule has 1 saturated heterocycles. The number of rotatable bonds is 4. The number of carbonyl (C=O) groups is 4. The molecule has 3 aliphatic heterocycles. The standard InChI is InChI=1S/C19H15FN2O4.C12H14ClNO2/c1-2-7-21-15-9-14(13(20)8-16(15)26-10-17(21)23)22-18(24)11-5-3-4-6-12(11)19(22)25;1-12(2)8-16-14(11(12)15)7-9-5-3-4-6-10(9)13/h1,8-9H,3-7,10H2;3-6H,7-8H2,1-2H3. The van der Waals surface area contributed by atoms with Gasteiger partial charge in [0.25, 0.3) is 23.6 Å². The number of anilines is 2. The quantitative estimate of drug-likeness (QED) is 0.381. The molecule has 42 heavy (non-hydrogen) atoms. The number of hydrogen-bond donors (Lipinski definition) is 0. The first-order valence-electron chi connectivity index (χ1n) is 13.5. The Bertz CT molecular complexity index is 1530. The summed E-state index contributed by atoms with van der Waals surface area (Å²) in [5.74, 6) is 0.413. The van der Waals surface area contributed by atoms with Gasteiger partial charge in [0.15, 0.2) is 12.4 Å². The first-order valence-corrected chi connectivity index (χ1v) is 13.9. The number of amides is 4. The zero-order valence-electron chi connectivity index (χ0n) is 23.2. The molecule has 2 aromatic rings. The lowest BCUT2D eigenvalue weighted by Crippen LogP contribution is -2.39. The summed E-state index contributed by atoms with van der Waals surface area (Å²) in [5, 5.41) is 2.05. The molecule has 0 spiro atoms. The van der Waals surface area contributed by atoms with Crippen LogP contribution in [0.15, 0.2) is 47.5 Å². The van der Waals surface area contributed by atoms with Gasteiger partial charge in [-0.05, 0) is 57.2 Å². The Morgan fingerprint density at radius 2 is 1.69 bits per heavy atom. The van der Waals surface area contributed by atoms with Crippen LogP contribution in [0.25, 0.3) is 0 Å². The highest BCUT2D eigenvalue weighted by Crippen LogP contribution is 2.41. The largest absolute Gasteiger partial charge is 0.481 e. The Kier molecular flexibility index (Phi) is 8.08. The van der Waals surface area contributed by atoms with Gasteiger partial charge in [-0.1, -0.05) is 35.7 Å². The van der Waals surface area contributed by atoms with E-state index in [2.05, 4.69) is 5.92 Å². The summed E-state index contributed by atoms with van der Waals surface area (Å²) in [7, 11) is 0. The Morgan fingerprint density at radius 1 is 1.02 bits per heavy atom. The molecular weight excluding hydrogens is 565 g/mol. The van der Waals surface area contributed by atoms with Crippen LogP contribution in [0, 0.1) is 23.6 Å². The molecule has 218 valence electrons. The molecule has 6 rings (SSSR count). The van der Waals surface area contributed by atoms with Gasteiger partial charge in [-0.2, -0.15) is 0 Å². The lowest BCUT2D eigenvalue weighted by molar-refractivity contribution is -0.165. The monoisotopic (exact) mass is 593 g/mol. The summed E-state index contributed by atoms with van der Waals surface area (Å²) in [6.45, 7) is 4.32. The molecule has 4 amide bonds. The molecule has 0 N–H and O–H groups in total. The second kappa shape index (κ2) is 11.6. The lowest BCUT2D eigenvalue weighted by atomic mass is 9.93. The number of benzene rings is 2. The number of hydrogen-bond acceptors (Lipinski definition) is 6. The molecule has 3 heterocycles. The molecule has 1 fully saturated rings. The predicted octanol–water partition coefficient (Wildman–Crippen LogP) is 4.57. The average Bonchev–Trinajstić information content (AvgIpc) is 3.38. The fourth-order valence-corrected chi connectivity index (χ4v) is 5.40. The van der Waals surface area contributed by atoms with Crippen molar-refractivity contribution in [2.45, 2.75) is 46.1 Å². The van der Waals surface area contributed by atoms with Crippen LogP contribution in [-0.2, 0) is 30.6 Å². The molecule has 0 saturated carbocycles. The second-order valence-corrected chi connectivity index (χ2v) is 11.4. The van der Waals surface area contributed by atoms with Gasteiger partial charge in [0.1, 0.15) is 5.75 Å². The Labute approximate surface area is 247 Å². The number of ether oxygens (including phenoxy) is 1. The number of imide groups is 1. The summed E-state index contributed by atoms with van der Waals surface area (Å²) < 4.78 is 19.9. The Hall–Kier alpha value is -4.20. The molecule has 0 aromatic heterocycles. The van der Waals surface area contributed by atoms with Gasteiger partial charge in [-0.3, -0.25) is 28.9 Å². The van der Waals surface area contributed by atoms with E-state index in [1.165, 1.54) is 16.0 Å². The minimum atomic E-state index is -0.764. The van der Waals surface area contributed by atoms with Crippen LogP contribution in [0.1, 0.15) is 45.1 Å². The van der Waals surface area contributed by atoms with Gasteiger partial charge in [0.05, 0.1) is 36.5 Å². The zero-order chi connectivity index (χ0) is 30.2. The predicted molar refractivity (Wildman–Crippen MR) is 153 cm³/mol. The van der Waals surface area contributed by atoms with Crippen molar-refractivity contribution in [2.75, 3.05) is 29.6 Å². The van der Waals surface area contributed by atoms with E-state index < -0.39 is 23.0 Å². The maximum Gasteiger partial charge on any atom is 0.265 e. The van der Waals surface area contributed by atoms with E-state index in [0.717, 1.165) is 29.4 Å². The lowest BCUT2D eigenvalue weighted by Gasteiger charge is -2.29. The molecule has 9 nitrogen and oxygen atoms in total. The van der Waals surface area contributed by atoms with Crippen molar-refractivity contribution in [2.24, 2.45) is 5.41 Å². The minimum Gasteiger partial charge on any atom is -0.481 e. The highest BCUT2D eigenvalue weighted by molar-refractivity contribution is 6.33. The van der Waals surface area contributed by atoms with E-state index in [4.69, 9.17) is 27.6 Å². The van der Waals surface area contributed by atoms with Crippen LogP contribution >= 0.6 is 11.6 Å². The molecule has 0 bridgehead atoms. The number of halogens is 2. The maximum atomic E-state index is 14.7. The fourth-order valence-electron chi connectivity index (χ4n) is 5.20. The van der Waals surface area contributed by atoms with Crippen molar-refractivity contribution in [3.05, 3.63) is 63.9 Å². The molecule has 0 atom stereocenters. The summed E-state index contributed by atoms with van der Waals surface area (Å²) in [6, 6.07) is 9.83. The summed E-state index contributed by atoms with van der Waals surface area (Å²) in [4.78, 5) is 56.8. The van der Waals surface area contributed by atoms with Gasteiger partial charge in [0.2, 0.25) is 0 Å². The molecule has 11 heteroatoms.